The van der Waals surface area contributed by atoms with Crippen LogP contribution in [0.4, 0.5) is 0 Å². The van der Waals surface area contributed by atoms with Crippen LogP contribution >= 0.6 is 0 Å². The lowest BCUT2D eigenvalue weighted by Crippen LogP contribution is -1.91. The Labute approximate surface area is 69.4 Å². The molecule has 0 fully saturated rings. The van der Waals surface area contributed by atoms with E-state index in [0.29, 0.717) is 12.3 Å². The van der Waals surface area contributed by atoms with Gasteiger partial charge in [0.2, 0.25) is 0 Å². The zero-order valence-electron chi connectivity index (χ0n) is 7.72. The first-order valence-electron chi connectivity index (χ1n) is 4.04. The van der Waals surface area contributed by atoms with Crippen LogP contribution < -0.4 is 0 Å². The molecule has 1 nitrogen and oxygen atoms in total. The monoisotopic (exact) mass is 154 g/mol. The molecule has 0 aromatic rings. The number of aliphatic hydroxyl groups is 1. The van der Waals surface area contributed by atoms with Gasteiger partial charge in [-0.15, -0.1) is 0 Å². The first-order chi connectivity index (χ1) is 5.07. The highest BCUT2D eigenvalue weighted by atomic mass is 16.2. The van der Waals surface area contributed by atoms with Crippen LogP contribution in [0.25, 0.3) is 0 Å². The summed E-state index contributed by atoms with van der Waals surface area (Å²) in [4.78, 5) is 0. The third kappa shape index (κ3) is 4.79. The van der Waals surface area contributed by atoms with Crippen LogP contribution in [0.15, 0.2) is 23.8 Å². The number of aliphatic hydroxyl groups excluding tert-OH is 1. The van der Waals surface area contributed by atoms with E-state index >= 15 is 0 Å². The lowest BCUT2D eigenvalue weighted by atomic mass is 10.0. The summed E-state index contributed by atoms with van der Waals surface area (Å²) >= 11 is 0. The van der Waals surface area contributed by atoms with Gasteiger partial charge in [0.1, 0.15) is 0 Å². The van der Waals surface area contributed by atoms with Gasteiger partial charge >= 0.3 is 0 Å². The van der Waals surface area contributed by atoms with Crippen molar-refractivity contribution >= 4 is 0 Å². The van der Waals surface area contributed by atoms with E-state index in [9.17, 15) is 0 Å². The number of allylic oxidation sites excluding steroid dienone is 2. The van der Waals surface area contributed by atoms with Crippen molar-refractivity contribution in [2.24, 2.45) is 5.92 Å². The van der Waals surface area contributed by atoms with Gasteiger partial charge in [-0.2, -0.15) is 0 Å². The highest BCUT2D eigenvalue weighted by molar-refractivity contribution is 5.20. The predicted molar refractivity (Wildman–Crippen MR) is 49.4 cm³/mol. The van der Waals surface area contributed by atoms with Gasteiger partial charge in [0, 0.05) is 6.61 Å². The molecule has 64 valence electrons. The fourth-order valence-electron chi connectivity index (χ4n) is 0.704. The van der Waals surface area contributed by atoms with E-state index in [0.717, 1.165) is 5.57 Å². The van der Waals surface area contributed by atoms with Gasteiger partial charge < -0.3 is 5.11 Å². The second-order valence-electron chi connectivity index (χ2n) is 3.17. The van der Waals surface area contributed by atoms with Crippen molar-refractivity contribution in [1.82, 2.24) is 0 Å². The molecule has 0 radical (unpaired) electrons. The molecule has 0 aliphatic carbocycles. The molecular formula is C10H18O. The SMILES string of the molecule is C=C(/C=C(\C)C(C)C)CCO. The van der Waals surface area contributed by atoms with E-state index in [4.69, 9.17) is 5.11 Å². The lowest BCUT2D eigenvalue weighted by Gasteiger charge is -2.05. The van der Waals surface area contributed by atoms with E-state index in [1.807, 2.05) is 0 Å². The number of hydrogen-bond donors (Lipinski definition) is 1. The maximum Gasteiger partial charge on any atom is 0.0471 e. The zero-order valence-corrected chi connectivity index (χ0v) is 7.72. The topological polar surface area (TPSA) is 20.2 Å². The molecule has 0 aromatic carbocycles. The normalized spacial score (nSPS) is 12.3. The highest BCUT2D eigenvalue weighted by Crippen LogP contribution is 2.11. The van der Waals surface area contributed by atoms with Crippen molar-refractivity contribution in [3.63, 3.8) is 0 Å². The van der Waals surface area contributed by atoms with Crippen LogP contribution in [-0.2, 0) is 0 Å². The first-order valence-corrected chi connectivity index (χ1v) is 4.04. The summed E-state index contributed by atoms with van der Waals surface area (Å²) in [5, 5.41) is 8.60. The summed E-state index contributed by atoms with van der Waals surface area (Å²) in [7, 11) is 0. The van der Waals surface area contributed by atoms with Gasteiger partial charge in [0.15, 0.2) is 0 Å². The van der Waals surface area contributed by atoms with Crippen LogP contribution in [0.2, 0.25) is 0 Å². The summed E-state index contributed by atoms with van der Waals surface area (Å²) < 4.78 is 0. The summed E-state index contributed by atoms with van der Waals surface area (Å²) in [6.07, 6.45) is 2.74. The molecule has 0 amide bonds. The van der Waals surface area contributed by atoms with Crippen LogP contribution in [-0.4, -0.2) is 11.7 Å². The summed E-state index contributed by atoms with van der Waals surface area (Å²) in [6, 6.07) is 0. The van der Waals surface area contributed by atoms with Crippen LogP contribution in [0.3, 0.4) is 0 Å². The molecule has 0 spiro atoms. The quantitative estimate of drug-likeness (QED) is 0.617. The predicted octanol–water partition coefficient (Wildman–Crippen LogP) is 2.53. The fraction of sp³-hybridized carbons (Fsp3) is 0.600. The van der Waals surface area contributed by atoms with E-state index in [1.54, 1.807) is 0 Å². The Morgan fingerprint density at radius 3 is 2.45 bits per heavy atom. The molecule has 0 atom stereocenters. The molecule has 1 heteroatoms. The van der Waals surface area contributed by atoms with E-state index in [1.165, 1.54) is 5.57 Å². The molecule has 0 saturated heterocycles. The lowest BCUT2D eigenvalue weighted by molar-refractivity contribution is 0.300. The molecule has 0 bridgehead atoms. The maximum atomic E-state index is 8.60. The van der Waals surface area contributed by atoms with Crippen molar-refractivity contribution in [3.05, 3.63) is 23.8 Å². The molecular weight excluding hydrogens is 136 g/mol. The number of rotatable bonds is 4. The average Bonchev–Trinajstić information content (AvgIpc) is 1.87. The van der Waals surface area contributed by atoms with Crippen LogP contribution in [0, 0.1) is 5.92 Å². The van der Waals surface area contributed by atoms with Crippen molar-refractivity contribution in [2.75, 3.05) is 6.61 Å². The average molecular weight is 154 g/mol. The van der Waals surface area contributed by atoms with E-state index in [-0.39, 0.29) is 6.61 Å². The Hall–Kier alpha value is -0.560. The van der Waals surface area contributed by atoms with Crippen molar-refractivity contribution < 1.29 is 5.11 Å². The Morgan fingerprint density at radius 2 is 2.09 bits per heavy atom. The molecule has 11 heavy (non-hydrogen) atoms. The molecule has 0 aliphatic rings. The van der Waals surface area contributed by atoms with Crippen molar-refractivity contribution in [1.29, 1.82) is 0 Å². The van der Waals surface area contributed by atoms with Gasteiger partial charge in [-0.1, -0.05) is 37.6 Å². The molecule has 1 N–H and O–H groups in total. The minimum atomic E-state index is 0.195. The third-order valence-electron chi connectivity index (χ3n) is 1.78. The standard InChI is InChI=1S/C10H18O/c1-8(2)10(4)7-9(3)5-6-11/h7-8,11H,3,5-6H2,1-2,4H3/b10-7+. The van der Waals surface area contributed by atoms with E-state index < -0.39 is 0 Å². The second kappa shape index (κ2) is 5.14. The Balaban J connectivity index is 3.97. The maximum absolute atomic E-state index is 8.60. The first kappa shape index (κ1) is 10.4. The van der Waals surface area contributed by atoms with Gasteiger partial charge in [-0.05, 0) is 19.3 Å². The smallest absolute Gasteiger partial charge is 0.0471 e. The molecule has 0 heterocycles. The molecule has 0 unspecified atom stereocenters. The van der Waals surface area contributed by atoms with Crippen LogP contribution in [0.5, 0.6) is 0 Å². The van der Waals surface area contributed by atoms with Gasteiger partial charge in [0.25, 0.3) is 0 Å². The van der Waals surface area contributed by atoms with Crippen LogP contribution in [0.1, 0.15) is 27.2 Å². The highest BCUT2D eigenvalue weighted by Gasteiger charge is 1.96. The van der Waals surface area contributed by atoms with Gasteiger partial charge in [0.05, 0.1) is 0 Å². The van der Waals surface area contributed by atoms with Gasteiger partial charge in [-0.25, -0.2) is 0 Å². The Bertz CT molecular complexity index is 154. The third-order valence-corrected chi connectivity index (χ3v) is 1.78. The zero-order chi connectivity index (χ0) is 8.85. The van der Waals surface area contributed by atoms with Crippen molar-refractivity contribution in [3.8, 4) is 0 Å². The summed E-state index contributed by atoms with van der Waals surface area (Å²) in [5.41, 5.74) is 2.34. The fourth-order valence-corrected chi connectivity index (χ4v) is 0.704. The largest absolute Gasteiger partial charge is 0.396 e. The molecule has 0 aromatic heterocycles. The molecule has 0 rings (SSSR count). The Morgan fingerprint density at radius 1 is 1.55 bits per heavy atom. The summed E-state index contributed by atoms with van der Waals surface area (Å²) in [6.45, 7) is 10.4. The molecule has 0 saturated carbocycles. The minimum Gasteiger partial charge on any atom is -0.396 e. The molecule has 0 aliphatic heterocycles. The minimum absolute atomic E-state index is 0.195. The summed E-state index contributed by atoms with van der Waals surface area (Å²) in [5.74, 6) is 0.574. The van der Waals surface area contributed by atoms with E-state index in [2.05, 4.69) is 33.4 Å². The van der Waals surface area contributed by atoms with Gasteiger partial charge in [-0.3, -0.25) is 0 Å². The van der Waals surface area contributed by atoms with Crippen molar-refractivity contribution in [2.45, 2.75) is 27.2 Å². The number of hydrogen-bond acceptors (Lipinski definition) is 1. The second-order valence-corrected chi connectivity index (χ2v) is 3.17. The Kier molecular flexibility index (Phi) is 4.88.